The highest BCUT2D eigenvalue weighted by molar-refractivity contribution is 5.89. The summed E-state index contributed by atoms with van der Waals surface area (Å²) in [4.78, 5) is 14.4. The SMILES string of the molecule is CN(C)CCCNCCC(CNC(=O)Nc1cc(C(F)(F)F)cc(C(F)(F)F)c1)c1cccc(F)c1. The van der Waals surface area contributed by atoms with Gasteiger partial charge < -0.3 is 20.9 Å². The lowest BCUT2D eigenvalue weighted by Gasteiger charge is -2.20. The minimum Gasteiger partial charge on any atom is -0.337 e. The lowest BCUT2D eigenvalue weighted by atomic mass is 9.95. The van der Waals surface area contributed by atoms with Gasteiger partial charge in [-0.05, 0) is 82.5 Å². The van der Waals surface area contributed by atoms with Gasteiger partial charge in [0.1, 0.15) is 5.82 Å². The van der Waals surface area contributed by atoms with E-state index < -0.39 is 41.0 Å². The maximum atomic E-state index is 13.7. The number of rotatable bonds is 11. The van der Waals surface area contributed by atoms with Gasteiger partial charge in [-0.3, -0.25) is 0 Å². The van der Waals surface area contributed by atoms with E-state index in [0.29, 0.717) is 30.7 Å². The first-order chi connectivity index (χ1) is 16.8. The van der Waals surface area contributed by atoms with Crippen LogP contribution in [0.5, 0.6) is 0 Å². The minimum atomic E-state index is -5.03. The summed E-state index contributed by atoms with van der Waals surface area (Å²) in [6, 6.07) is 5.64. The first kappa shape index (κ1) is 29.4. The van der Waals surface area contributed by atoms with Gasteiger partial charge in [-0.2, -0.15) is 26.3 Å². The lowest BCUT2D eigenvalue weighted by molar-refractivity contribution is -0.143. The fourth-order valence-electron chi connectivity index (χ4n) is 3.49. The molecule has 1 unspecified atom stereocenters. The van der Waals surface area contributed by atoms with E-state index in [9.17, 15) is 35.5 Å². The number of hydrogen-bond donors (Lipinski definition) is 3. The molecule has 0 saturated carbocycles. The summed E-state index contributed by atoms with van der Waals surface area (Å²) in [6.07, 6.45) is -8.64. The van der Waals surface area contributed by atoms with Gasteiger partial charge in [0.25, 0.3) is 0 Å². The van der Waals surface area contributed by atoms with Crippen LogP contribution in [0.4, 0.5) is 41.2 Å². The van der Waals surface area contributed by atoms with Crippen molar-refractivity contribution in [3.8, 4) is 0 Å². The van der Waals surface area contributed by atoms with Gasteiger partial charge in [0.15, 0.2) is 0 Å². The van der Waals surface area contributed by atoms with Crippen LogP contribution >= 0.6 is 0 Å². The van der Waals surface area contributed by atoms with Crippen LogP contribution in [-0.2, 0) is 12.4 Å². The molecule has 0 fully saturated rings. The number of nitrogens with one attached hydrogen (secondary N) is 3. The lowest BCUT2D eigenvalue weighted by Crippen LogP contribution is -2.33. The quantitative estimate of drug-likeness (QED) is 0.262. The normalized spacial score (nSPS) is 13.1. The van der Waals surface area contributed by atoms with Gasteiger partial charge in [-0.25, -0.2) is 9.18 Å². The summed E-state index contributed by atoms with van der Waals surface area (Å²) in [5.41, 5.74) is -3.13. The van der Waals surface area contributed by atoms with E-state index in [1.165, 1.54) is 18.2 Å². The molecule has 0 aromatic heterocycles. The third-order valence-electron chi connectivity index (χ3n) is 5.30. The van der Waals surface area contributed by atoms with Gasteiger partial charge >= 0.3 is 18.4 Å². The summed E-state index contributed by atoms with van der Waals surface area (Å²) in [6.45, 7) is 2.19. The zero-order valence-electron chi connectivity index (χ0n) is 19.9. The zero-order valence-corrected chi connectivity index (χ0v) is 19.9. The van der Waals surface area contributed by atoms with E-state index in [-0.39, 0.29) is 18.5 Å². The highest BCUT2D eigenvalue weighted by Gasteiger charge is 2.37. The molecule has 2 aromatic carbocycles. The smallest absolute Gasteiger partial charge is 0.337 e. The zero-order chi connectivity index (χ0) is 26.9. The molecule has 2 amide bonds. The third-order valence-corrected chi connectivity index (χ3v) is 5.30. The number of benzene rings is 2. The fraction of sp³-hybridized carbons (Fsp3) is 0.458. The third kappa shape index (κ3) is 10.0. The van der Waals surface area contributed by atoms with Crippen molar-refractivity contribution in [3.05, 3.63) is 65.0 Å². The molecule has 5 nitrogen and oxygen atoms in total. The van der Waals surface area contributed by atoms with Gasteiger partial charge in [0.05, 0.1) is 11.1 Å². The molecule has 0 saturated heterocycles. The molecular formula is C24H29F7N4O. The first-order valence-electron chi connectivity index (χ1n) is 11.2. The van der Waals surface area contributed by atoms with Crippen LogP contribution < -0.4 is 16.0 Å². The second-order valence-corrected chi connectivity index (χ2v) is 8.58. The molecule has 1 atom stereocenters. The molecule has 0 radical (unpaired) electrons. The van der Waals surface area contributed by atoms with E-state index in [1.807, 2.05) is 24.3 Å². The van der Waals surface area contributed by atoms with Crippen LogP contribution in [0.3, 0.4) is 0 Å². The molecule has 2 rings (SSSR count). The monoisotopic (exact) mass is 522 g/mol. The average Bonchev–Trinajstić information content (AvgIpc) is 2.76. The molecule has 36 heavy (non-hydrogen) atoms. The highest BCUT2D eigenvalue weighted by Crippen LogP contribution is 2.37. The summed E-state index contributed by atoms with van der Waals surface area (Å²) in [5, 5.41) is 7.76. The number of alkyl halides is 6. The van der Waals surface area contributed by atoms with Crippen LogP contribution in [0, 0.1) is 5.82 Å². The molecule has 12 heteroatoms. The topological polar surface area (TPSA) is 56.4 Å². The standard InChI is InChI=1S/C24H29F7N4O/c1-35(2)10-4-8-32-9-7-17(16-5-3-6-20(25)11-16)15-33-22(36)34-21-13-18(23(26,27)28)12-19(14-21)24(29,30)31/h3,5-6,11-14,17,32H,4,7-10,15H2,1-2H3,(H2,33,34,36). The number of urea groups is 1. The maximum Gasteiger partial charge on any atom is 0.416 e. The van der Waals surface area contributed by atoms with Crippen molar-refractivity contribution in [1.29, 1.82) is 0 Å². The van der Waals surface area contributed by atoms with E-state index in [2.05, 4.69) is 10.6 Å². The Morgan fingerprint density at radius 2 is 1.58 bits per heavy atom. The maximum absolute atomic E-state index is 13.7. The van der Waals surface area contributed by atoms with E-state index in [1.54, 1.807) is 6.07 Å². The molecule has 3 N–H and O–H groups in total. The van der Waals surface area contributed by atoms with Crippen LogP contribution in [-0.4, -0.2) is 51.2 Å². The van der Waals surface area contributed by atoms with Crippen molar-refractivity contribution in [2.45, 2.75) is 31.1 Å². The largest absolute Gasteiger partial charge is 0.416 e. The predicted molar refractivity (Wildman–Crippen MR) is 123 cm³/mol. The Morgan fingerprint density at radius 1 is 0.944 bits per heavy atom. The molecule has 200 valence electrons. The number of carbonyl (C=O) groups excluding carboxylic acids is 1. The Bertz CT molecular complexity index is 961. The van der Waals surface area contributed by atoms with Crippen LogP contribution in [0.25, 0.3) is 0 Å². The summed E-state index contributed by atoms with van der Waals surface area (Å²) in [7, 11) is 3.92. The molecule has 0 bridgehead atoms. The van der Waals surface area contributed by atoms with Crippen molar-refractivity contribution in [2.24, 2.45) is 0 Å². The van der Waals surface area contributed by atoms with Crippen molar-refractivity contribution in [2.75, 3.05) is 45.6 Å². The average molecular weight is 523 g/mol. The number of nitrogens with zero attached hydrogens (tertiary/aromatic N) is 1. The Balaban J connectivity index is 2.05. The van der Waals surface area contributed by atoms with Gasteiger partial charge in [-0.15, -0.1) is 0 Å². The Kier molecular flexibility index (Phi) is 10.5. The second kappa shape index (κ2) is 12.9. The summed E-state index contributed by atoms with van der Waals surface area (Å²) >= 11 is 0. The number of hydrogen-bond acceptors (Lipinski definition) is 3. The van der Waals surface area contributed by atoms with Crippen molar-refractivity contribution in [3.63, 3.8) is 0 Å². The predicted octanol–water partition coefficient (Wildman–Crippen LogP) is 5.70. The molecule has 0 spiro atoms. The van der Waals surface area contributed by atoms with E-state index >= 15 is 0 Å². The molecular weight excluding hydrogens is 493 g/mol. The van der Waals surface area contributed by atoms with Crippen LogP contribution in [0.2, 0.25) is 0 Å². The molecule has 0 aliphatic heterocycles. The Morgan fingerprint density at radius 3 is 2.14 bits per heavy atom. The molecule has 2 aromatic rings. The second-order valence-electron chi connectivity index (χ2n) is 8.58. The Hall–Kier alpha value is -2.86. The number of carbonyl (C=O) groups is 1. The van der Waals surface area contributed by atoms with Crippen LogP contribution in [0.1, 0.15) is 35.4 Å². The summed E-state index contributed by atoms with van der Waals surface area (Å²) in [5.74, 6) is -0.815. The molecule has 0 heterocycles. The van der Waals surface area contributed by atoms with Crippen LogP contribution in [0.15, 0.2) is 42.5 Å². The minimum absolute atomic E-state index is 0.0141. The Labute approximate surface area is 205 Å². The van der Waals surface area contributed by atoms with Gasteiger partial charge in [0, 0.05) is 18.2 Å². The summed E-state index contributed by atoms with van der Waals surface area (Å²) < 4.78 is 92.0. The van der Waals surface area contributed by atoms with Crippen molar-refractivity contribution >= 4 is 11.7 Å². The number of halogens is 7. The molecule has 0 aliphatic carbocycles. The fourth-order valence-corrected chi connectivity index (χ4v) is 3.49. The van der Waals surface area contributed by atoms with Crippen molar-refractivity contribution < 1.29 is 35.5 Å². The van der Waals surface area contributed by atoms with E-state index in [0.717, 1.165) is 19.5 Å². The van der Waals surface area contributed by atoms with Gasteiger partial charge in [-0.1, -0.05) is 12.1 Å². The number of anilines is 1. The number of amides is 2. The van der Waals surface area contributed by atoms with Gasteiger partial charge in [0.2, 0.25) is 0 Å². The molecule has 0 aliphatic rings. The highest BCUT2D eigenvalue weighted by atomic mass is 19.4. The van der Waals surface area contributed by atoms with Crippen molar-refractivity contribution in [1.82, 2.24) is 15.5 Å². The van der Waals surface area contributed by atoms with E-state index in [4.69, 9.17) is 0 Å². The first-order valence-corrected chi connectivity index (χ1v) is 11.2.